The normalized spacial score (nSPS) is 24.7. The number of rotatable bonds is 4. The number of benzene rings is 1. The fraction of sp³-hybridized carbons (Fsp3) is 0.467. The van der Waals surface area contributed by atoms with Gasteiger partial charge >= 0.3 is 0 Å². The van der Waals surface area contributed by atoms with Crippen LogP contribution in [0.3, 0.4) is 0 Å². The summed E-state index contributed by atoms with van der Waals surface area (Å²) < 4.78 is 29.8. The van der Waals surface area contributed by atoms with Crippen molar-refractivity contribution in [2.24, 2.45) is 11.8 Å². The minimum atomic E-state index is -4.00. The number of imide groups is 1. The number of amides is 2. The van der Waals surface area contributed by atoms with Gasteiger partial charge in [-0.1, -0.05) is 12.8 Å². The van der Waals surface area contributed by atoms with Gasteiger partial charge in [-0.05, 0) is 37.1 Å². The standard InChI is InChI=1S/C15H18N2O5S/c1-22-10-6-8-11(9-7-10)23(20,21)16-17-14(18)12-4-2-3-5-13(12)15(17)19/h6-9,12-13,16H,2-5H2,1H3. The van der Waals surface area contributed by atoms with Crippen LogP contribution in [0.1, 0.15) is 25.7 Å². The first kappa shape index (κ1) is 15.9. The molecule has 2 unspecified atom stereocenters. The summed E-state index contributed by atoms with van der Waals surface area (Å²) in [4.78, 5) is 26.7. The maximum Gasteiger partial charge on any atom is 0.257 e. The van der Waals surface area contributed by atoms with Crippen LogP contribution in [0.5, 0.6) is 5.75 Å². The smallest absolute Gasteiger partial charge is 0.257 e. The molecule has 1 aromatic rings. The number of nitrogens with zero attached hydrogens (tertiary/aromatic N) is 1. The molecule has 1 N–H and O–H groups in total. The number of fused-ring (bicyclic) bond motifs is 1. The number of ether oxygens (including phenoxy) is 1. The lowest BCUT2D eigenvalue weighted by Crippen LogP contribution is -2.46. The molecule has 1 heterocycles. The van der Waals surface area contributed by atoms with Crippen molar-refractivity contribution >= 4 is 21.8 Å². The minimum absolute atomic E-state index is 0.0335. The zero-order valence-electron chi connectivity index (χ0n) is 12.7. The number of nitrogens with one attached hydrogen (secondary N) is 1. The van der Waals surface area contributed by atoms with Gasteiger partial charge in [-0.2, -0.15) is 5.01 Å². The number of hydrazine groups is 1. The zero-order chi connectivity index (χ0) is 16.6. The van der Waals surface area contributed by atoms with Gasteiger partial charge in [0, 0.05) is 0 Å². The lowest BCUT2D eigenvalue weighted by Gasteiger charge is -2.19. The first-order chi connectivity index (χ1) is 10.9. The van der Waals surface area contributed by atoms with E-state index in [4.69, 9.17) is 4.74 Å². The van der Waals surface area contributed by atoms with Crippen LogP contribution in [0, 0.1) is 11.8 Å². The monoisotopic (exact) mass is 338 g/mol. The van der Waals surface area contributed by atoms with E-state index in [0.717, 1.165) is 12.8 Å². The summed E-state index contributed by atoms with van der Waals surface area (Å²) in [7, 11) is -2.52. The molecule has 124 valence electrons. The third kappa shape index (κ3) is 2.84. The van der Waals surface area contributed by atoms with Gasteiger partial charge in [0.25, 0.3) is 10.0 Å². The summed E-state index contributed by atoms with van der Waals surface area (Å²) in [5.74, 6) is -1.17. The van der Waals surface area contributed by atoms with Crippen molar-refractivity contribution in [2.75, 3.05) is 7.11 Å². The maximum atomic E-state index is 12.4. The molecular formula is C15H18N2O5S. The van der Waals surface area contributed by atoms with E-state index in [2.05, 4.69) is 4.83 Å². The van der Waals surface area contributed by atoms with Crippen molar-refractivity contribution in [3.05, 3.63) is 24.3 Å². The van der Waals surface area contributed by atoms with Gasteiger partial charge in [-0.25, -0.2) is 8.42 Å². The molecule has 1 aromatic carbocycles. The van der Waals surface area contributed by atoms with Crippen molar-refractivity contribution in [3.8, 4) is 5.75 Å². The Morgan fingerprint density at radius 1 is 1.04 bits per heavy atom. The van der Waals surface area contributed by atoms with Crippen molar-refractivity contribution < 1.29 is 22.7 Å². The van der Waals surface area contributed by atoms with Crippen LogP contribution in [0.25, 0.3) is 0 Å². The Morgan fingerprint density at radius 3 is 2.04 bits per heavy atom. The van der Waals surface area contributed by atoms with E-state index in [-0.39, 0.29) is 4.90 Å². The fourth-order valence-electron chi connectivity index (χ4n) is 3.18. The Balaban J connectivity index is 1.82. The van der Waals surface area contributed by atoms with Crippen LogP contribution in [0.15, 0.2) is 29.2 Å². The van der Waals surface area contributed by atoms with E-state index >= 15 is 0 Å². The van der Waals surface area contributed by atoms with E-state index in [1.807, 2.05) is 0 Å². The van der Waals surface area contributed by atoms with Crippen molar-refractivity contribution in [3.63, 3.8) is 0 Å². The molecule has 2 atom stereocenters. The largest absolute Gasteiger partial charge is 0.497 e. The molecule has 0 aromatic heterocycles. The minimum Gasteiger partial charge on any atom is -0.497 e. The van der Waals surface area contributed by atoms with E-state index in [9.17, 15) is 18.0 Å². The highest BCUT2D eigenvalue weighted by Gasteiger charge is 2.49. The number of methoxy groups -OCH3 is 1. The second-order valence-corrected chi connectivity index (χ2v) is 7.44. The van der Waals surface area contributed by atoms with Crippen molar-refractivity contribution in [1.29, 1.82) is 0 Å². The molecule has 23 heavy (non-hydrogen) atoms. The van der Waals surface area contributed by atoms with E-state index in [0.29, 0.717) is 23.6 Å². The third-order valence-corrected chi connectivity index (χ3v) is 5.74. The Morgan fingerprint density at radius 2 is 1.57 bits per heavy atom. The highest BCUT2D eigenvalue weighted by molar-refractivity contribution is 7.89. The van der Waals surface area contributed by atoms with Gasteiger partial charge in [-0.15, -0.1) is 4.83 Å². The van der Waals surface area contributed by atoms with E-state index in [1.165, 1.54) is 31.4 Å². The maximum absolute atomic E-state index is 12.4. The van der Waals surface area contributed by atoms with Gasteiger partial charge < -0.3 is 4.74 Å². The molecule has 0 radical (unpaired) electrons. The zero-order valence-corrected chi connectivity index (χ0v) is 13.5. The quantitative estimate of drug-likeness (QED) is 0.829. The van der Waals surface area contributed by atoms with Gasteiger partial charge in [0.2, 0.25) is 11.8 Å². The molecule has 7 nitrogen and oxygen atoms in total. The average Bonchev–Trinajstić information content (AvgIpc) is 2.80. The lowest BCUT2D eigenvalue weighted by molar-refractivity contribution is -0.141. The Bertz CT molecular complexity index is 705. The van der Waals surface area contributed by atoms with Crippen LogP contribution >= 0.6 is 0 Å². The molecule has 0 spiro atoms. The summed E-state index contributed by atoms with van der Waals surface area (Å²) in [6.07, 6.45) is 3.05. The summed E-state index contributed by atoms with van der Waals surface area (Å²) in [6, 6.07) is 5.72. The Labute approximate surface area is 134 Å². The van der Waals surface area contributed by atoms with Crippen molar-refractivity contribution in [2.45, 2.75) is 30.6 Å². The molecule has 1 aliphatic carbocycles. The summed E-state index contributed by atoms with van der Waals surface area (Å²) in [6.45, 7) is 0. The fourth-order valence-corrected chi connectivity index (χ4v) is 4.20. The second-order valence-electron chi connectivity index (χ2n) is 5.78. The Kier molecular flexibility index (Phi) is 4.11. The van der Waals surface area contributed by atoms with E-state index in [1.54, 1.807) is 0 Å². The van der Waals surface area contributed by atoms with Crippen molar-refractivity contribution in [1.82, 2.24) is 9.84 Å². The number of hydrogen-bond donors (Lipinski definition) is 1. The molecule has 2 fully saturated rings. The average molecular weight is 338 g/mol. The summed E-state index contributed by atoms with van der Waals surface area (Å²) in [5.41, 5.74) is 0. The van der Waals surface area contributed by atoms with Crippen LogP contribution < -0.4 is 9.57 Å². The third-order valence-electron chi connectivity index (χ3n) is 4.42. The summed E-state index contributed by atoms with van der Waals surface area (Å²) >= 11 is 0. The SMILES string of the molecule is COc1ccc(S(=O)(=O)NN2C(=O)C3CCCCC3C2=O)cc1. The Hall–Kier alpha value is -1.93. The summed E-state index contributed by atoms with van der Waals surface area (Å²) in [5, 5.41) is 0.681. The molecule has 3 rings (SSSR count). The van der Waals surface area contributed by atoms with Crippen LogP contribution in [-0.4, -0.2) is 32.4 Å². The first-order valence-corrected chi connectivity index (χ1v) is 8.96. The van der Waals surface area contributed by atoms with Gasteiger partial charge in [-0.3, -0.25) is 9.59 Å². The highest BCUT2D eigenvalue weighted by atomic mass is 32.2. The van der Waals surface area contributed by atoms with E-state index < -0.39 is 33.7 Å². The number of carbonyl (C=O) groups excluding carboxylic acids is 2. The van der Waals surface area contributed by atoms with Gasteiger partial charge in [0.15, 0.2) is 0 Å². The van der Waals surface area contributed by atoms with Gasteiger partial charge in [0.05, 0.1) is 23.8 Å². The predicted molar refractivity (Wildman–Crippen MR) is 80.6 cm³/mol. The second kappa shape index (κ2) is 5.93. The highest BCUT2D eigenvalue weighted by Crippen LogP contribution is 2.37. The van der Waals surface area contributed by atoms with Crippen LogP contribution in [0.4, 0.5) is 0 Å². The molecule has 8 heteroatoms. The molecule has 0 bridgehead atoms. The lowest BCUT2D eigenvalue weighted by atomic mass is 9.81. The molecule has 1 saturated carbocycles. The van der Waals surface area contributed by atoms with Crippen LogP contribution in [-0.2, 0) is 19.6 Å². The first-order valence-electron chi connectivity index (χ1n) is 7.48. The number of hydrogen-bond acceptors (Lipinski definition) is 5. The predicted octanol–water partition coefficient (Wildman–Crippen LogP) is 1.06. The number of sulfonamides is 1. The molecular weight excluding hydrogens is 320 g/mol. The van der Waals surface area contributed by atoms with Crippen LogP contribution in [0.2, 0.25) is 0 Å². The topological polar surface area (TPSA) is 92.8 Å². The number of carbonyl (C=O) groups is 2. The van der Waals surface area contributed by atoms with Gasteiger partial charge in [0.1, 0.15) is 5.75 Å². The molecule has 1 aliphatic heterocycles. The molecule has 1 saturated heterocycles. The molecule has 2 amide bonds. The molecule has 2 aliphatic rings.